The third-order valence-electron chi connectivity index (χ3n) is 4.08. The Kier molecular flexibility index (Phi) is 13.1. The molecule has 2 unspecified atom stereocenters. The minimum Gasteiger partial charge on any atom is -0.481 e. The molecule has 0 aliphatic rings. The smallest absolute Gasteiger partial charge is 0.300 e. The second-order valence-electron chi connectivity index (χ2n) is 6.45. The first-order valence-electron chi connectivity index (χ1n) is 9.99. The maximum absolute atomic E-state index is 12.7. The second-order valence-corrected chi connectivity index (χ2v) is 6.45. The van der Waals surface area contributed by atoms with Crippen molar-refractivity contribution < 1.29 is 23.9 Å². The van der Waals surface area contributed by atoms with Gasteiger partial charge in [0.05, 0.1) is 18.5 Å². The third kappa shape index (κ3) is 9.84. The van der Waals surface area contributed by atoms with Crippen LogP contribution >= 0.6 is 0 Å². The Morgan fingerprint density at radius 1 is 1.06 bits per heavy atom. The van der Waals surface area contributed by atoms with E-state index in [4.69, 9.17) is 9.90 Å². The van der Waals surface area contributed by atoms with Crippen molar-refractivity contribution in [2.24, 2.45) is 0 Å². The van der Waals surface area contributed by atoms with E-state index in [1.54, 1.807) is 25.3 Å². The number of carbonyl (C=O) groups excluding carboxylic acids is 2. The van der Waals surface area contributed by atoms with E-state index in [1.807, 2.05) is 44.2 Å². The zero-order valence-electron chi connectivity index (χ0n) is 18.6. The van der Waals surface area contributed by atoms with Crippen molar-refractivity contribution >= 4 is 17.7 Å². The van der Waals surface area contributed by atoms with Gasteiger partial charge in [-0.25, -0.2) is 4.39 Å². The molecule has 1 heterocycles. The molecule has 0 spiro atoms. The number of pyridine rings is 1. The number of Topliss-reactive ketones (excluding diaryl/α,β-unsaturated/α-hetero) is 1. The summed E-state index contributed by atoms with van der Waals surface area (Å²) in [6.45, 7) is 7.36. The Bertz CT molecular complexity index is 892. The van der Waals surface area contributed by atoms with Gasteiger partial charge in [0.15, 0.2) is 5.78 Å². The molecule has 31 heavy (non-hydrogen) atoms. The molecule has 8 heteroatoms. The number of alkyl halides is 1. The molecule has 0 aliphatic carbocycles. The van der Waals surface area contributed by atoms with Gasteiger partial charge in [0.2, 0.25) is 5.91 Å². The average Bonchev–Trinajstić information content (AvgIpc) is 2.75. The number of halogens is 1. The Labute approximate surface area is 181 Å². The lowest BCUT2D eigenvalue weighted by atomic mass is 10.0. The summed E-state index contributed by atoms with van der Waals surface area (Å²) < 4.78 is 13.9. The van der Waals surface area contributed by atoms with E-state index in [1.165, 1.54) is 11.5 Å². The number of ketones is 1. The first kappa shape index (κ1) is 27.7. The number of benzene rings is 1. The molecular formula is C23H31FN2O5. The molecule has 170 valence electrons. The van der Waals surface area contributed by atoms with Crippen molar-refractivity contribution in [3.63, 3.8) is 0 Å². The predicted octanol–water partition coefficient (Wildman–Crippen LogP) is 3.16. The van der Waals surface area contributed by atoms with Gasteiger partial charge in [-0.05, 0) is 25.5 Å². The summed E-state index contributed by atoms with van der Waals surface area (Å²) in [7, 11) is 0. The van der Waals surface area contributed by atoms with E-state index in [0.717, 1.165) is 12.5 Å². The standard InChI is InChI=1S/C19H21FN2O3.C2H4O2.C2H6/c1-13(18(24)21-14(2)17(23)11-20)16-9-6-10-22(19(16)25)12-15-7-4-3-5-8-15;1-2(3)4;1-2/h3-10,13-14H,11-12H2,1-2H3,(H,21,24);1H3,(H,3,4);1-2H3. The molecule has 0 aliphatic heterocycles. The van der Waals surface area contributed by atoms with Gasteiger partial charge < -0.3 is 15.0 Å². The molecule has 0 saturated heterocycles. The summed E-state index contributed by atoms with van der Waals surface area (Å²) in [4.78, 5) is 45.2. The topological polar surface area (TPSA) is 105 Å². The Hall–Kier alpha value is -3.29. The number of nitrogens with one attached hydrogen (secondary N) is 1. The zero-order chi connectivity index (χ0) is 24.0. The number of carboxylic acid groups (broad SMARTS) is 1. The molecule has 1 aromatic heterocycles. The number of rotatable bonds is 7. The number of amides is 1. The molecular weight excluding hydrogens is 403 g/mol. The monoisotopic (exact) mass is 434 g/mol. The first-order valence-corrected chi connectivity index (χ1v) is 9.99. The molecule has 1 aromatic carbocycles. The molecule has 2 N–H and O–H groups in total. The number of carboxylic acids is 1. The Balaban J connectivity index is 0.00000134. The van der Waals surface area contributed by atoms with Crippen LogP contribution in [0.25, 0.3) is 0 Å². The third-order valence-corrected chi connectivity index (χ3v) is 4.08. The van der Waals surface area contributed by atoms with Crippen molar-refractivity contribution in [3.05, 3.63) is 70.1 Å². The van der Waals surface area contributed by atoms with Crippen LogP contribution in [0.15, 0.2) is 53.5 Å². The van der Waals surface area contributed by atoms with Gasteiger partial charge in [-0.3, -0.25) is 19.2 Å². The van der Waals surface area contributed by atoms with Crippen LogP contribution in [-0.2, 0) is 20.9 Å². The number of hydrogen-bond acceptors (Lipinski definition) is 4. The molecule has 2 atom stereocenters. The highest BCUT2D eigenvalue weighted by Gasteiger charge is 2.23. The minimum atomic E-state index is -1.13. The van der Waals surface area contributed by atoms with Crippen molar-refractivity contribution in [1.29, 1.82) is 0 Å². The van der Waals surface area contributed by atoms with Crippen LogP contribution in [0.2, 0.25) is 0 Å². The first-order chi connectivity index (χ1) is 14.7. The lowest BCUT2D eigenvalue weighted by Crippen LogP contribution is -2.42. The normalized spacial score (nSPS) is 11.5. The molecule has 0 bridgehead atoms. The summed E-state index contributed by atoms with van der Waals surface area (Å²) >= 11 is 0. The van der Waals surface area contributed by atoms with Crippen LogP contribution in [0.4, 0.5) is 4.39 Å². The zero-order valence-corrected chi connectivity index (χ0v) is 18.6. The lowest BCUT2D eigenvalue weighted by Gasteiger charge is -2.17. The SMILES string of the molecule is CC.CC(=O)O.CC(NC(=O)C(C)c1cccn(Cc2ccccc2)c1=O)C(=O)CF. The van der Waals surface area contributed by atoms with Gasteiger partial charge in [-0.2, -0.15) is 0 Å². The Morgan fingerprint density at radius 2 is 1.61 bits per heavy atom. The molecule has 0 saturated carbocycles. The van der Waals surface area contributed by atoms with E-state index in [0.29, 0.717) is 12.1 Å². The van der Waals surface area contributed by atoms with Gasteiger partial charge in [0.1, 0.15) is 6.67 Å². The summed E-state index contributed by atoms with van der Waals surface area (Å²) in [5.74, 6) is -2.76. The summed E-state index contributed by atoms with van der Waals surface area (Å²) in [6, 6.07) is 11.9. The fourth-order valence-electron chi connectivity index (χ4n) is 2.47. The van der Waals surface area contributed by atoms with Crippen molar-refractivity contribution in [2.45, 2.75) is 53.1 Å². The van der Waals surface area contributed by atoms with E-state index in [-0.39, 0.29) is 5.56 Å². The molecule has 7 nitrogen and oxygen atoms in total. The summed E-state index contributed by atoms with van der Waals surface area (Å²) in [6.07, 6.45) is 1.67. The van der Waals surface area contributed by atoms with E-state index >= 15 is 0 Å². The molecule has 0 fully saturated rings. The summed E-state index contributed by atoms with van der Waals surface area (Å²) in [5.41, 5.74) is 1.04. The second kappa shape index (κ2) is 14.7. The van der Waals surface area contributed by atoms with Gasteiger partial charge in [0, 0.05) is 18.7 Å². The maximum atomic E-state index is 12.7. The number of carbonyl (C=O) groups is 3. The van der Waals surface area contributed by atoms with Gasteiger partial charge >= 0.3 is 0 Å². The number of aliphatic carboxylic acids is 1. The maximum Gasteiger partial charge on any atom is 0.300 e. The minimum absolute atomic E-state index is 0.265. The van der Waals surface area contributed by atoms with Crippen LogP contribution in [0.1, 0.15) is 51.7 Å². The lowest BCUT2D eigenvalue weighted by molar-refractivity contribution is -0.134. The largest absolute Gasteiger partial charge is 0.481 e. The van der Waals surface area contributed by atoms with Gasteiger partial charge in [-0.15, -0.1) is 0 Å². The quantitative estimate of drug-likeness (QED) is 0.696. The van der Waals surface area contributed by atoms with Crippen LogP contribution in [0, 0.1) is 0 Å². The molecule has 2 aromatic rings. The Morgan fingerprint density at radius 3 is 2.13 bits per heavy atom. The highest BCUT2D eigenvalue weighted by molar-refractivity contribution is 5.91. The van der Waals surface area contributed by atoms with Gasteiger partial charge in [0.25, 0.3) is 11.5 Å². The van der Waals surface area contributed by atoms with E-state index < -0.39 is 36.3 Å². The molecule has 0 radical (unpaired) electrons. The highest BCUT2D eigenvalue weighted by atomic mass is 19.1. The van der Waals surface area contributed by atoms with Crippen molar-refractivity contribution in [2.75, 3.05) is 6.67 Å². The van der Waals surface area contributed by atoms with Crippen LogP contribution in [0.3, 0.4) is 0 Å². The van der Waals surface area contributed by atoms with E-state index in [2.05, 4.69) is 5.32 Å². The highest BCUT2D eigenvalue weighted by Crippen LogP contribution is 2.12. The van der Waals surface area contributed by atoms with Crippen LogP contribution < -0.4 is 10.9 Å². The number of nitrogens with zero attached hydrogens (tertiary/aromatic N) is 1. The van der Waals surface area contributed by atoms with Crippen molar-refractivity contribution in [3.8, 4) is 0 Å². The van der Waals surface area contributed by atoms with Gasteiger partial charge in [-0.1, -0.05) is 50.2 Å². The predicted molar refractivity (Wildman–Crippen MR) is 118 cm³/mol. The summed E-state index contributed by atoms with van der Waals surface area (Å²) in [5, 5.41) is 9.87. The van der Waals surface area contributed by atoms with Crippen molar-refractivity contribution in [1.82, 2.24) is 9.88 Å². The number of hydrogen-bond donors (Lipinski definition) is 2. The average molecular weight is 435 g/mol. The number of aromatic nitrogens is 1. The van der Waals surface area contributed by atoms with Crippen LogP contribution in [-0.4, -0.2) is 40.0 Å². The fraction of sp³-hybridized carbons (Fsp3) is 0.391. The van der Waals surface area contributed by atoms with Crippen LogP contribution in [0.5, 0.6) is 0 Å². The van der Waals surface area contributed by atoms with E-state index in [9.17, 15) is 18.8 Å². The molecule has 1 amide bonds. The fourth-order valence-corrected chi connectivity index (χ4v) is 2.47. The molecule has 2 rings (SSSR count).